The summed E-state index contributed by atoms with van der Waals surface area (Å²) in [6.07, 6.45) is 0. The average molecular weight is 608 g/mol. The van der Waals surface area contributed by atoms with Gasteiger partial charge in [0.15, 0.2) is 26.7 Å². The summed E-state index contributed by atoms with van der Waals surface area (Å²) in [5.74, 6) is -4.32. The Hall–Kier alpha value is -3.25. The number of amides is 2. The lowest BCUT2D eigenvalue weighted by Crippen LogP contribution is -2.71. The fourth-order valence-corrected chi connectivity index (χ4v) is 6.28. The van der Waals surface area contributed by atoms with Crippen molar-refractivity contribution in [2.24, 2.45) is 10.6 Å². The van der Waals surface area contributed by atoms with E-state index in [4.69, 9.17) is 20.0 Å². The summed E-state index contributed by atoms with van der Waals surface area (Å²) in [5, 5.41) is 6.97. The van der Waals surface area contributed by atoms with Gasteiger partial charge >= 0.3 is 11.9 Å². The Morgan fingerprint density at radius 3 is 2.56 bits per heavy atom. The summed E-state index contributed by atoms with van der Waals surface area (Å²) in [5.41, 5.74) is 4.11. The predicted molar refractivity (Wildman–Crippen MR) is 138 cm³/mol. The van der Waals surface area contributed by atoms with Crippen LogP contribution < -0.4 is 11.1 Å². The third-order valence-corrected chi connectivity index (χ3v) is 8.38. The number of fused-ring (bicyclic) bond motifs is 1. The number of thiazole rings is 1. The molecule has 14 nitrogen and oxygen atoms in total. The van der Waals surface area contributed by atoms with E-state index in [-0.39, 0.29) is 27.9 Å². The molecule has 2 aliphatic rings. The lowest BCUT2D eigenvalue weighted by molar-refractivity contribution is -0.173. The number of nitrogens with two attached hydrogens (primary N) is 1. The number of alkyl halides is 1. The molecule has 2 amide bonds. The lowest BCUT2D eigenvalue weighted by Gasteiger charge is -2.49. The average Bonchev–Trinajstić information content (AvgIpc) is 3.30. The van der Waals surface area contributed by atoms with Crippen LogP contribution in [0.15, 0.2) is 21.8 Å². The first kappa shape index (κ1) is 30.3. The molecule has 1 unspecified atom stereocenters. The molecule has 0 bridgehead atoms. The molecule has 0 aromatic carbocycles. The molecule has 1 aromatic rings. The molecule has 0 radical (unpaired) electrons. The molecule has 18 heteroatoms. The number of nitrogen functional groups attached to an aromatic ring is 1. The number of hydrogen-bond donors (Lipinski definition) is 2. The van der Waals surface area contributed by atoms with Gasteiger partial charge in [-0.15, -0.1) is 23.1 Å². The van der Waals surface area contributed by atoms with Crippen molar-refractivity contribution >= 4 is 67.5 Å². The summed E-state index contributed by atoms with van der Waals surface area (Å²) in [4.78, 5) is 60.6. The van der Waals surface area contributed by atoms with Crippen molar-refractivity contribution in [3.63, 3.8) is 0 Å². The number of sulfone groups is 1. The molecule has 3 rings (SSSR count). The van der Waals surface area contributed by atoms with E-state index in [1.165, 1.54) is 12.5 Å². The van der Waals surface area contributed by atoms with Gasteiger partial charge in [-0.25, -0.2) is 22.6 Å². The second-order valence-corrected chi connectivity index (χ2v) is 13.2. The number of anilines is 1. The summed E-state index contributed by atoms with van der Waals surface area (Å²) < 4.78 is 46.9. The van der Waals surface area contributed by atoms with Crippen molar-refractivity contribution in [3.05, 3.63) is 22.3 Å². The minimum absolute atomic E-state index is 0.0706. The number of carbonyl (C=O) groups excluding carboxylic acids is 4. The molecule has 214 valence electrons. The Morgan fingerprint density at radius 2 is 2.00 bits per heavy atom. The van der Waals surface area contributed by atoms with Gasteiger partial charge in [0, 0.05) is 11.1 Å². The smallest absolute Gasteiger partial charge is 0.357 e. The van der Waals surface area contributed by atoms with Crippen LogP contribution in [0.5, 0.6) is 0 Å². The highest BCUT2D eigenvalue weighted by atomic mass is 32.2. The van der Waals surface area contributed by atoms with Crippen molar-refractivity contribution in [3.8, 4) is 0 Å². The van der Waals surface area contributed by atoms with Crippen molar-refractivity contribution in [1.82, 2.24) is 15.2 Å². The molecule has 1 fully saturated rings. The number of carbonyl (C=O) groups is 4. The Labute approximate surface area is 231 Å². The van der Waals surface area contributed by atoms with Gasteiger partial charge < -0.3 is 25.4 Å². The first-order valence-electron chi connectivity index (χ1n) is 11.1. The molecular formula is C21H26FN5O9S3. The standard InChI is InChI=1S/C21H26FN5O9S3/c1-21(2,3)19(31)36-9-35-18(30)14-10(7-39(32,33)8-22)5-37-17-13(16(29)27(14)17)25-15(28)12(26-34-4)11-6-38-20(23)24-11/h6,13,17H,5,7-9H2,1-4H3,(H2,23,24)(H,25,28)/b26-12-/t13?,17-/m1/s1. The maximum atomic E-state index is 13.1. The molecule has 2 aliphatic heterocycles. The number of nitrogens with one attached hydrogen (secondary N) is 1. The van der Waals surface area contributed by atoms with Crippen molar-refractivity contribution in [2.45, 2.75) is 32.2 Å². The van der Waals surface area contributed by atoms with Gasteiger partial charge in [-0.05, 0) is 26.3 Å². The van der Waals surface area contributed by atoms with E-state index in [1.54, 1.807) is 20.8 Å². The van der Waals surface area contributed by atoms with Crippen LogP contribution in [-0.4, -0.2) is 90.6 Å². The molecule has 0 saturated carbocycles. The number of nitrogens with zero attached hydrogens (tertiary/aromatic N) is 3. The van der Waals surface area contributed by atoms with Crippen LogP contribution in [-0.2, 0) is 43.3 Å². The van der Waals surface area contributed by atoms with E-state index >= 15 is 0 Å². The summed E-state index contributed by atoms with van der Waals surface area (Å²) in [6, 6.07) is -2.81. The topological polar surface area (TPSA) is 197 Å². The number of ether oxygens (including phenoxy) is 2. The molecule has 2 atom stereocenters. The molecule has 39 heavy (non-hydrogen) atoms. The zero-order chi connectivity index (χ0) is 29.1. The molecule has 0 aliphatic carbocycles. The third-order valence-electron chi connectivity index (χ3n) is 5.24. The van der Waals surface area contributed by atoms with Crippen LogP contribution in [0.2, 0.25) is 0 Å². The van der Waals surface area contributed by atoms with Crippen molar-refractivity contribution in [2.75, 3.05) is 37.1 Å². The van der Waals surface area contributed by atoms with Crippen LogP contribution in [0.3, 0.4) is 0 Å². The number of esters is 2. The zero-order valence-corrected chi connectivity index (χ0v) is 23.7. The number of β-lactam (4-membered cyclic amide) rings is 1. The zero-order valence-electron chi connectivity index (χ0n) is 21.3. The number of thioether (sulfide) groups is 1. The number of halogens is 1. The fraction of sp³-hybridized carbons (Fsp3) is 0.524. The second kappa shape index (κ2) is 11.9. The lowest BCUT2D eigenvalue weighted by atomic mass is 9.98. The van der Waals surface area contributed by atoms with Crippen molar-refractivity contribution in [1.29, 1.82) is 0 Å². The number of aromatic nitrogens is 1. The van der Waals surface area contributed by atoms with Gasteiger partial charge in [-0.1, -0.05) is 5.16 Å². The first-order valence-corrected chi connectivity index (χ1v) is 14.9. The third kappa shape index (κ3) is 6.85. The van der Waals surface area contributed by atoms with Crippen LogP contribution >= 0.6 is 23.1 Å². The Bertz CT molecular complexity index is 1340. The Morgan fingerprint density at radius 1 is 1.31 bits per heavy atom. The van der Waals surface area contributed by atoms with E-state index in [2.05, 4.69) is 15.5 Å². The number of hydrogen-bond acceptors (Lipinski definition) is 14. The SMILES string of the molecule is CO/N=C(\C(=O)NC1C(=O)N2C(C(=O)OCOC(=O)C(C)(C)C)=C(CS(=O)(=O)CF)CS[C@H]12)c1csc(N)n1. The summed E-state index contributed by atoms with van der Waals surface area (Å²) in [7, 11) is -3.02. The number of rotatable bonds is 10. The van der Waals surface area contributed by atoms with Crippen LogP contribution in [0, 0.1) is 5.41 Å². The molecule has 1 aromatic heterocycles. The quantitative estimate of drug-likeness (QED) is 0.120. The molecule has 3 N–H and O–H groups in total. The largest absolute Gasteiger partial charge is 0.427 e. The minimum Gasteiger partial charge on any atom is -0.427 e. The van der Waals surface area contributed by atoms with Crippen molar-refractivity contribution < 1.29 is 46.3 Å². The maximum absolute atomic E-state index is 13.1. The van der Waals surface area contributed by atoms with Gasteiger partial charge in [0.05, 0.1) is 11.2 Å². The summed E-state index contributed by atoms with van der Waals surface area (Å²) >= 11 is 2.11. The Kier molecular flexibility index (Phi) is 9.22. The fourth-order valence-electron chi connectivity index (χ4n) is 3.41. The highest BCUT2D eigenvalue weighted by Gasteiger charge is 2.55. The summed E-state index contributed by atoms with van der Waals surface area (Å²) in [6.45, 7) is 3.96. The highest BCUT2D eigenvalue weighted by molar-refractivity contribution is 8.00. The maximum Gasteiger partial charge on any atom is 0.357 e. The van der Waals surface area contributed by atoms with E-state index in [0.717, 1.165) is 28.0 Å². The van der Waals surface area contributed by atoms with Gasteiger partial charge in [0.2, 0.25) is 6.79 Å². The molecular weight excluding hydrogens is 581 g/mol. The Balaban J connectivity index is 1.82. The molecule has 3 heterocycles. The molecule has 0 spiro atoms. The second-order valence-electron chi connectivity index (χ2n) is 9.24. The van der Waals surface area contributed by atoms with E-state index in [1.807, 2.05) is 0 Å². The van der Waals surface area contributed by atoms with Gasteiger partial charge in [-0.2, -0.15) is 0 Å². The van der Waals surface area contributed by atoms with Gasteiger partial charge in [0.1, 0.15) is 29.9 Å². The molecule has 1 saturated heterocycles. The van der Waals surface area contributed by atoms with Crippen LogP contribution in [0.25, 0.3) is 0 Å². The van der Waals surface area contributed by atoms with E-state index in [0.29, 0.717) is 0 Å². The van der Waals surface area contributed by atoms with Crippen LogP contribution in [0.1, 0.15) is 26.5 Å². The van der Waals surface area contributed by atoms with Crippen LogP contribution in [0.4, 0.5) is 9.52 Å². The highest BCUT2D eigenvalue weighted by Crippen LogP contribution is 2.41. The predicted octanol–water partition coefficient (Wildman–Crippen LogP) is 0.162. The van der Waals surface area contributed by atoms with E-state index in [9.17, 15) is 32.0 Å². The normalized spacial score (nSPS) is 19.7. The van der Waals surface area contributed by atoms with Gasteiger partial charge in [0.25, 0.3) is 11.8 Å². The first-order chi connectivity index (χ1) is 18.2. The van der Waals surface area contributed by atoms with E-state index < -0.39 is 74.7 Å². The monoisotopic (exact) mass is 607 g/mol. The van der Waals surface area contributed by atoms with Gasteiger partial charge in [-0.3, -0.25) is 19.3 Å². The number of oxime groups is 1. The minimum atomic E-state index is -4.24.